The highest BCUT2D eigenvalue weighted by Gasteiger charge is 2.65. The average Bonchev–Trinajstić information content (AvgIpc) is 3.47. The molecule has 1 aromatic carbocycles. The zero-order valence-corrected chi connectivity index (χ0v) is 19.6. The highest BCUT2D eigenvalue weighted by atomic mass is 16.5. The lowest BCUT2D eigenvalue weighted by Crippen LogP contribution is -2.54. The number of allylic oxidation sites excluding steroid dienone is 3. The largest absolute Gasteiger partial charge is 0.361 e. The van der Waals surface area contributed by atoms with E-state index in [0.29, 0.717) is 12.0 Å². The molecule has 7 rings (SSSR count). The molecule has 5 atom stereocenters. The van der Waals surface area contributed by atoms with E-state index in [4.69, 9.17) is 4.74 Å². The first-order chi connectivity index (χ1) is 15.4. The minimum absolute atomic E-state index is 0.0192. The van der Waals surface area contributed by atoms with Crippen molar-refractivity contribution in [2.75, 3.05) is 14.1 Å². The number of rotatable bonds is 2. The summed E-state index contributed by atoms with van der Waals surface area (Å²) in [6, 6.07) is 9.73. The Morgan fingerprint density at radius 1 is 1.12 bits per heavy atom. The number of nitrogens with one attached hydrogen (secondary N) is 1. The van der Waals surface area contributed by atoms with Crippen LogP contribution in [0.1, 0.15) is 57.4 Å². The van der Waals surface area contributed by atoms with Crippen LogP contribution in [0.15, 0.2) is 59.8 Å². The van der Waals surface area contributed by atoms with Gasteiger partial charge in [-0.2, -0.15) is 0 Å². The molecule has 3 nitrogen and oxygen atoms in total. The molecule has 2 fully saturated rings. The number of hydrogen-bond donors (Lipinski definition) is 1. The zero-order chi connectivity index (χ0) is 21.7. The summed E-state index contributed by atoms with van der Waals surface area (Å²) in [5.74, 6) is 0.529. The number of H-pyrrole nitrogens is 1. The molecule has 3 heteroatoms. The van der Waals surface area contributed by atoms with Crippen molar-refractivity contribution < 1.29 is 4.74 Å². The third-order valence-corrected chi connectivity index (χ3v) is 9.84. The van der Waals surface area contributed by atoms with Gasteiger partial charge < -0.3 is 14.6 Å². The lowest BCUT2D eigenvalue weighted by atomic mass is 9.58. The summed E-state index contributed by atoms with van der Waals surface area (Å²) in [7, 11) is 4.47. The van der Waals surface area contributed by atoms with Gasteiger partial charge in [-0.05, 0) is 98.8 Å². The molecule has 166 valence electrons. The molecule has 1 unspecified atom stereocenters. The Kier molecular flexibility index (Phi) is 3.80. The van der Waals surface area contributed by atoms with E-state index in [1.54, 1.807) is 5.57 Å². The van der Waals surface area contributed by atoms with Crippen LogP contribution >= 0.6 is 0 Å². The number of hydrogen-bond acceptors (Lipinski definition) is 2. The van der Waals surface area contributed by atoms with E-state index >= 15 is 0 Å². The van der Waals surface area contributed by atoms with Crippen molar-refractivity contribution in [2.24, 2.45) is 11.3 Å². The quantitative estimate of drug-likeness (QED) is 0.615. The first kappa shape index (κ1) is 19.4. The van der Waals surface area contributed by atoms with Crippen molar-refractivity contribution in [3.63, 3.8) is 0 Å². The predicted octanol–water partition coefficient (Wildman–Crippen LogP) is 6.25. The summed E-state index contributed by atoms with van der Waals surface area (Å²) in [6.45, 7) is 2.51. The fraction of sp³-hybridized carbons (Fsp3) is 0.517. The standard InChI is InChI=1S/C29H34N2O/c1-27-12-10-22-17-21-6-7-23(31(2)3)18-28(21)13-14-29(22,32-28)26(27)9-8-24(27)20-5-4-19-11-15-30-25(19)16-20/h4-5,8,10-11,15-17,23,26,30H,6-7,9,12-14,18H2,1-3H3/t23-,26+,27+,28+,29?/m0/s1. The Morgan fingerprint density at radius 3 is 2.91 bits per heavy atom. The number of aromatic nitrogens is 1. The van der Waals surface area contributed by atoms with Gasteiger partial charge in [-0.1, -0.05) is 37.3 Å². The van der Waals surface area contributed by atoms with Crippen molar-refractivity contribution in [1.29, 1.82) is 0 Å². The molecule has 1 saturated carbocycles. The Bertz CT molecular complexity index is 1210. The van der Waals surface area contributed by atoms with E-state index < -0.39 is 0 Å². The summed E-state index contributed by atoms with van der Waals surface area (Å²) in [5, 5.41) is 1.29. The number of aromatic amines is 1. The molecule has 2 bridgehead atoms. The number of nitrogens with zero attached hydrogens (tertiary/aromatic N) is 1. The van der Waals surface area contributed by atoms with E-state index in [1.165, 1.54) is 53.3 Å². The zero-order valence-electron chi connectivity index (χ0n) is 19.6. The van der Waals surface area contributed by atoms with Gasteiger partial charge in [-0.15, -0.1) is 0 Å². The Morgan fingerprint density at radius 2 is 2.03 bits per heavy atom. The van der Waals surface area contributed by atoms with Gasteiger partial charge in [0.15, 0.2) is 0 Å². The van der Waals surface area contributed by atoms with Crippen LogP contribution in [0, 0.1) is 11.3 Å². The second-order valence-electron chi connectivity index (χ2n) is 11.5. The smallest absolute Gasteiger partial charge is 0.0980 e. The van der Waals surface area contributed by atoms with E-state index in [0.717, 1.165) is 19.3 Å². The summed E-state index contributed by atoms with van der Waals surface area (Å²) in [4.78, 5) is 5.83. The molecular weight excluding hydrogens is 392 g/mol. The van der Waals surface area contributed by atoms with Gasteiger partial charge in [0.2, 0.25) is 0 Å². The Balaban J connectivity index is 1.29. The van der Waals surface area contributed by atoms with Crippen LogP contribution in [0.5, 0.6) is 0 Å². The number of benzene rings is 1. The number of ether oxygens (including phenoxy) is 1. The average molecular weight is 427 g/mol. The van der Waals surface area contributed by atoms with E-state index in [9.17, 15) is 0 Å². The highest BCUT2D eigenvalue weighted by Crippen LogP contribution is 2.67. The molecular formula is C29H34N2O. The molecule has 3 heterocycles. The van der Waals surface area contributed by atoms with Crippen molar-refractivity contribution in [3.05, 3.63) is 65.4 Å². The molecule has 3 aliphatic carbocycles. The summed E-state index contributed by atoms with van der Waals surface area (Å²) in [5.41, 5.74) is 7.24. The van der Waals surface area contributed by atoms with Crippen molar-refractivity contribution in [2.45, 2.75) is 69.1 Å². The third-order valence-electron chi connectivity index (χ3n) is 9.84. The second kappa shape index (κ2) is 6.27. The minimum Gasteiger partial charge on any atom is -0.361 e. The third kappa shape index (κ3) is 2.34. The molecule has 32 heavy (non-hydrogen) atoms. The molecule has 0 amide bonds. The molecule has 2 spiro atoms. The second-order valence-corrected chi connectivity index (χ2v) is 11.5. The first-order valence-electron chi connectivity index (χ1n) is 12.5. The fourth-order valence-corrected chi connectivity index (χ4v) is 8.07. The molecule has 2 aliphatic heterocycles. The normalized spacial score (nSPS) is 39.9. The van der Waals surface area contributed by atoms with Crippen LogP contribution in [-0.4, -0.2) is 41.2 Å². The molecule has 0 radical (unpaired) electrons. The molecule has 1 aromatic heterocycles. The Labute approximate surface area is 191 Å². The van der Waals surface area contributed by atoms with Crippen LogP contribution in [0.2, 0.25) is 0 Å². The van der Waals surface area contributed by atoms with Gasteiger partial charge in [0.1, 0.15) is 0 Å². The summed E-state index contributed by atoms with van der Waals surface area (Å²) in [6.07, 6.45) is 17.9. The van der Waals surface area contributed by atoms with Gasteiger partial charge in [0.25, 0.3) is 0 Å². The highest BCUT2D eigenvalue weighted by molar-refractivity contribution is 5.85. The van der Waals surface area contributed by atoms with Crippen molar-refractivity contribution in [3.8, 4) is 0 Å². The van der Waals surface area contributed by atoms with E-state index in [-0.39, 0.29) is 16.6 Å². The van der Waals surface area contributed by atoms with Crippen molar-refractivity contribution in [1.82, 2.24) is 9.88 Å². The maximum atomic E-state index is 7.38. The van der Waals surface area contributed by atoms with Gasteiger partial charge in [0.05, 0.1) is 11.2 Å². The predicted molar refractivity (Wildman–Crippen MR) is 130 cm³/mol. The van der Waals surface area contributed by atoms with Crippen LogP contribution in [0.4, 0.5) is 0 Å². The monoisotopic (exact) mass is 426 g/mol. The van der Waals surface area contributed by atoms with Crippen LogP contribution in [0.25, 0.3) is 16.5 Å². The molecule has 5 aliphatic rings. The lowest BCUT2D eigenvalue weighted by Gasteiger charge is -2.54. The van der Waals surface area contributed by atoms with E-state index in [1.807, 2.05) is 6.20 Å². The van der Waals surface area contributed by atoms with Crippen LogP contribution in [0.3, 0.4) is 0 Å². The van der Waals surface area contributed by atoms with E-state index in [2.05, 4.69) is 73.4 Å². The van der Waals surface area contributed by atoms with Gasteiger partial charge in [-0.3, -0.25) is 0 Å². The maximum Gasteiger partial charge on any atom is 0.0980 e. The van der Waals surface area contributed by atoms with Gasteiger partial charge in [-0.25, -0.2) is 0 Å². The minimum atomic E-state index is -0.0977. The van der Waals surface area contributed by atoms with Crippen molar-refractivity contribution >= 4 is 16.5 Å². The van der Waals surface area contributed by atoms with Crippen LogP contribution in [-0.2, 0) is 4.74 Å². The lowest BCUT2D eigenvalue weighted by molar-refractivity contribution is -0.134. The van der Waals surface area contributed by atoms with Gasteiger partial charge in [0, 0.05) is 29.1 Å². The first-order valence-corrected chi connectivity index (χ1v) is 12.5. The molecule has 1 N–H and O–H groups in total. The maximum absolute atomic E-state index is 7.38. The summed E-state index contributed by atoms with van der Waals surface area (Å²) >= 11 is 0. The van der Waals surface area contributed by atoms with Crippen LogP contribution < -0.4 is 0 Å². The number of fused-ring (bicyclic) bond motifs is 2. The fourth-order valence-electron chi connectivity index (χ4n) is 8.07. The van der Waals surface area contributed by atoms with Gasteiger partial charge >= 0.3 is 0 Å². The molecule has 1 saturated heterocycles. The Hall–Kier alpha value is -2.10. The molecule has 2 aromatic rings. The topological polar surface area (TPSA) is 28.3 Å². The SMILES string of the molecule is CN(C)[C@H]1CCC2=CC3=CC[C@]4(C)C(c5ccc6cc[nH]c6c5)=CC[C@H]4C34CC[C@]2(C1)O4. The summed E-state index contributed by atoms with van der Waals surface area (Å²) < 4.78 is 7.38.